The third-order valence-corrected chi connectivity index (χ3v) is 1.55. The fourth-order valence-electron chi connectivity index (χ4n) is 0.555. The highest BCUT2D eigenvalue weighted by molar-refractivity contribution is 7.98. The van der Waals surface area contributed by atoms with Gasteiger partial charge in [0, 0.05) is 11.8 Å². The molecule has 0 aliphatic rings. The molecule has 0 amide bonds. The van der Waals surface area contributed by atoms with Crippen molar-refractivity contribution >= 4 is 17.7 Å². The van der Waals surface area contributed by atoms with E-state index in [9.17, 15) is 4.79 Å². The Hall–Kier alpha value is -0.700. The molecule has 0 rings (SSSR count). The van der Waals surface area contributed by atoms with Crippen LogP contribution in [0.25, 0.3) is 0 Å². The van der Waals surface area contributed by atoms with Crippen LogP contribution in [0.1, 0.15) is 6.92 Å². The second-order valence-corrected chi connectivity index (χ2v) is 2.91. The van der Waals surface area contributed by atoms with Gasteiger partial charge in [-0.2, -0.15) is 11.8 Å². The minimum Gasteiger partial charge on any atom is -0.463 e. The number of ether oxygens (including phenoxy) is 1. The number of allylic oxidation sites excluding steroid dienone is 2. The zero-order valence-corrected chi connectivity index (χ0v) is 8.26. The molecule has 3 heteroatoms. The lowest BCUT2D eigenvalue weighted by atomic mass is 10.4. The standard InChI is InChI=1S/C9H14O2S/c1-3-11-9(10)7-5-4-6-8-12-2/h4-7H,3,8H2,1-2H3/b6-4+,7-5+. The van der Waals surface area contributed by atoms with E-state index in [1.165, 1.54) is 6.08 Å². The lowest BCUT2D eigenvalue weighted by Crippen LogP contribution is -1.98. The Morgan fingerprint density at radius 2 is 2.25 bits per heavy atom. The molecule has 12 heavy (non-hydrogen) atoms. The van der Waals surface area contributed by atoms with Crippen molar-refractivity contribution in [1.82, 2.24) is 0 Å². The van der Waals surface area contributed by atoms with Gasteiger partial charge in [-0.05, 0) is 13.2 Å². The number of rotatable bonds is 5. The molecule has 0 heterocycles. The van der Waals surface area contributed by atoms with Gasteiger partial charge in [-0.3, -0.25) is 0 Å². The van der Waals surface area contributed by atoms with Gasteiger partial charge < -0.3 is 4.74 Å². The average molecular weight is 186 g/mol. The molecule has 0 bridgehead atoms. The lowest BCUT2D eigenvalue weighted by molar-refractivity contribution is -0.137. The van der Waals surface area contributed by atoms with Crippen LogP contribution in [-0.4, -0.2) is 24.6 Å². The van der Waals surface area contributed by atoms with Gasteiger partial charge in [0.1, 0.15) is 0 Å². The van der Waals surface area contributed by atoms with Gasteiger partial charge in [0.15, 0.2) is 0 Å². The van der Waals surface area contributed by atoms with Crippen molar-refractivity contribution < 1.29 is 9.53 Å². The zero-order valence-electron chi connectivity index (χ0n) is 7.45. The van der Waals surface area contributed by atoms with E-state index in [4.69, 9.17) is 0 Å². The maximum Gasteiger partial charge on any atom is 0.330 e. The second-order valence-electron chi connectivity index (χ2n) is 1.99. The van der Waals surface area contributed by atoms with Crippen molar-refractivity contribution in [2.24, 2.45) is 0 Å². The summed E-state index contributed by atoms with van der Waals surface area (Å²) in [5.74, 6) is 0.680. The molecule has 0 aromatic heterocycles. The molecule has 68 valence electrons. The van der Waals surface area contributed by atoms with Crippen LogP contribution >= 0.6 is 11.8 Å². The molecule has 0 spiro atoms. The van der Waals surface area contributed by atoms with Crippen LogP contribution in [0.15, 0.2) is 24.3 Å². The van der Waals surface area contributed by atoms with Gasteiger partial charge in [-0.15, -0.1) is 0 Å². The summed E-state index contributed by atoms with van der Waals surface area (Å²) < 4.78 is 4.68. The minimum atomic E-state index is -0.286. The van der Waals surface area contributed by atoms with Gasteiger partial charge in [0.05, 0.1) is 6.61 Å². The van der Waals surface area contributed by atoms with E-state index in [0.29, 0.717) is 6.61 Å². The van der Waals surface area contributed by atoms with Gasteiger partial charge in [0.2, 0.25) is 0 Å². The third-order valence-electron chi connectivity index (χ3n) is 1.03. The summed E-state index contributed by atoms with van der Waals surface area (Å²) in [5.41, 5.74) is 0. The monoisotopic (exact) mass is 186 g/mol. The molecule has 0 atom stereocenters. The smallest absolute Gasteiger partial charge is 0.330 e. The van der Waals surface area contributed by atoms with Crippen LogP contribution in [0, 0.1) is 0 Å². The quantitative estimate of drug-likeness (QED) is 0.373. The van der Waals surface area contributed by atoms with Crippen molar-refractivity contribution in [2.45, 2.75) is 6.92 Å². The van der Waals surface area contributed by atoms with Crippen LogP contribution in [0.4, 0.5) is 0 Å². The van der Waals surface area contributed by atoms with Crippen molar-refractivity contribution in [3.8, 4) is 0 Å². The summed E-state index contributed by atoms with van der Waals surface area (Å²) in [6, 6.07) is 0. The number of esters is 1. The van der Waals surface area contributed by atoms with Crippen LogP contribution in [0.2, 0.25) is 0 Å². The normalized spacial score (nSPS) is 11.2. The molecule has 0 saturated heterocycles. The van der Waals surface area contributed by atoms with Crippen LogP contribution < -0.4 is 0 Å². The summed E-state index contributed by atoms with van der Waals surface area (Å²) in [6.07, 6.45) is 8.96. The molecule has 0 aromatic rings. The predicted molar refractivity (Wildman–Crippen MR) is 53.3 cm³/mol. The van der Waals surface area contributed by atoms with E-state index in [2.05, 4.69) is 4.74 Å². The molecule has 0 aromatic carbocycles. The highest BCUT2D eigenvalue weighted by atomic mass is 32.2. The lowest BCUT2D eigenvalue weighted by Gasteiger charge is -1.92. The van der Waals surface area contributed by atoms with Gasteiger partial charge in [-0.25, -0.2) is 4.79 Å². The number of hydrogen-bond acceptors (Lipinski definition) is 3. The van der Waals surface area contributed by atoms with E-state index < -0.39 is 0 Å². The molecule has 0 radical (unpaired) electrons. The predicted octanol–water partition coefficient (Wildman–Crippen LogP) is 2.02. The van der Waals surface area contributed by atoms with E-state index in [1.54, 1.807) is 24.8 Å². The second kappa shape index (κ2) is 8.40. The average Bonchev–Trinajstić information content (AvgIpc) is 2.05. The zero-order chi connectivity index (χ0) is 9.23. The van der Waals surface area contributed by atoms with E-state index in [1.807, 2.05) is 18.4 Å². The fourth-order valence-corrected chi connectivity index (χ4v) is 0.858. The number of thioether (sulfide) groups is 1. The minimum absolute atomic E-state index is 0.286. The maximum absolute atomic E-state index is 10.7. The largest absolute Gasteiger partial charge is 0.463 e. The third kappa shape index (κ3) is 7.41. The first kappa shape index (κ1) is 11.3. The van der Waals surface area contributed by atoms with Crippen molar-refractivity contribution in [2.75, 3.05) is 18.6 Å². The molecule has 0 aliphatic carbocycles. The molecular formula is C9H14O2S. The van der Waals surface area contributed by atoms with Crippen molar-refractivity contribution in [3.63, 3.8) is 0 Å². The first-order chi connectivity index (χ1) is 5.81. The fraction of sp³-hybridized carbons (Fsp3) is 0.444. The van der Waals surface area contributed by atoms with E-state index >= 15 is 0 Å². The van der Waals surface area contributed by atoms with E-state index in [-0.39, 0.29) is 5.97 Å². The summed E-state index contributed by atoms with van der Waals surface area (Å²) in [7, 11) is 0. The van der Waals surface area contributed by atoms with Gasteiger partial charge in [0.25, 0.3) is 0 Å². The molecule has 0 saturated carbocycles. The summed E-state index contributed by atoms with van der Waals surface area (Å²) in [4.78, 5) is 10.7. The van der Waals surface area contributed by atoms with Crippen LogP contribution in [0.3, 0.4) is 0 Å². The number of carbonyl (C=O) groups excluding carboxylic acids is 1. The molecule has 0 N–H and O–H groups in total. The highest BCUT2D eigenvalue weighted by Crippen LogP contribution is 1.91. The number of carbonyl (C=O) groups is 1. The topological polar surface area (TPSA) is 26.3 Å². The Morgan fingerprint density at radius 3 is 2.83 bits per heavy atom. The Bertz CT molecular complexity index is 173. The highest BCUT2D eigenvalue weighted by Gasteiger charge is 1.89. The van der Waals surface area contributed by atoms with Crippen LogP contribution in [0.5, 0.6) is 0 Å². The van der Waals surface area contributed by atoms with Crippen LogP contribution in [-0.2, 0) is 9.53 Å². The maximum atomic E-state index is 10.7. The summed E-state index contributed by atoms with van der Waals surface area (Å²) >= 11 is 1.73. The summed E-state index contributed by atoms with van der Waals surface area (Å²) in [5, 5.41) is 0. The van der Waals surface area contributed by atoms with Gasteiger partial charge in [-0.1, -0.05) is 18.2 Å². The molecule has 0 unspecified atom stereocenters. The Kier molecular flexibility index (Phi) is 7.91. The first-order valence-electron chi connectivity index (χ1n) is 3.80. The summed E-state index contributed by atoms with van der Waals surface area (Å²) in [6.45, 7) is 2.22. The molecule has 0 aliphatic heterocycles. The van der Waals surface area contributed by atoms with Crippen molar-refractivity contribution in [3.05, 3.63) is 24.3 Å². The van der Waals surface area contributed by atoms with Gasteiger partial charge >= 0.3 is 5.97 Å². The first-order valence-corrected chi connectivity index (χ1v) is 5.19. The Morgan fingerprint density at radius 1 is 1.50 bits per heavy atom. The van der Waals surface area contributed by atoms with E-state index in [0.717, 1.165) is 5.75 Å². The SMILES string of the molecule is CCOC(=O)/C=C/C=C/CSC. The molecule has 2 nitrogen and oxygen atoms in total. The number of hydrogen-bond donors (Lipinski definition) is 0. The van der Waals surface area contributed by atoms with Crippen molar-refractivity contribution in [1.29, 1.82) is 0 Å². The molecular weight excluding hydrogens is 172 g/mol. The Balaban J connectivity index is 3.53. The molecule has 0 fully saturated rings. The Labute approximate surface area is 77.7 Å².